The van der Waals surface area contributed by atoms with Gasteiger partial charge in [-0.3, -0.25) is 0 Å². The molecule has 0 bridgehead atoms. The largest absolute Gasteiger partial charge is 0.445 e. The number of carbonyl (C=O) groups is 1. The number of fused-ring (bicyclic) bond motifs is 2. The van der Waals surface area contributed by atoms with Gasteiger partial charge in [0.15, 0.2) is 5.60 Å². The Balaban J connectivity index is 2.06. The third-order valence-electron chi connectivity index (χ3n) is 5.13. The van der Waals surface area contributed by atoms with Gasteiger partial charge in [-0.05, 0) is 24.6 Å². The van der Waals surface area contributed by atoms with Crippen LogP contribution < -0.4 is 0 Å². The van der Waals surface area contributed by atoms with Crippen molar-refractivity contribution < 1.29 is 17.9 Å². The summed E-state index contributed by atoms with van der Waals surface area (Å²) in [5.41, 5.74) is 0.802. The number of rotatable bonds is 4. The van der Waals surface area contributed by atoms with Crippen LogP contribution in [0.15, 0.2) is 101 Å². The van der Waals surface area contributed by atoms with Crippen molar-refractivity contribution in [2.45, 2.75) is 28.7 Å². The fourth-order valence-corrected chi connectivity index (χ4v) is 5.60. The summed E-state index contributed by atoms with van der Waals surface area (Å²) in [5, 5.41) is 0. The zero-order valence-electron chi connectivity index (χ0n) is 16.0. The first kappa shape index (κ1) is 19.2. The van der Waals surface area contributed by atoms with Crippen LogP contribution in [0.1, 0.15) is 23.6 Å². The summed E-state index contributed by atoms with van der Waals surface area (Å²) < 4.78 is 32.7. The molecule has 0 aliphatic carbocycles. The number of hydrogen-bond donors (Lipinski definition) is 0. The van der Waals surface area contributed by atoms with E-state index in [1.165, 1.54) is 0 Å². The average Bonchev–Trinajstić information content (AvgIpc) is 2.73. The molecule has 0 saturated heterocycles. The van der Waals surface area contributed by atoms with E-state index >= 15 is 0 Å². The van der Waals surface area contributed by atoms with Gasteiger partial charge in [0, 0.05) is 23.1 Å². The topological polar surface area (TPSA) is 60.4 Å². The fourth-order valence-electron chi connectivity index (χ4n) is 3.80. The van der Waals surface area contributed by atoms with Gasteiger partial charge in [-0.25, -0.2) is 13.2 Å². The standard InChI is InChI=1S/C24H20O4S/c1-17(2)23(25)28-24(16-18-10-4-3-5-11-18)19-12-6-8-14-21(19)29(26,27)22-15-9-7-13-20(22)24/h3-15H,1,16H2,2H3. The molecule has 0 atom stereocenters. The number of carbonyl (C=O) groups excluding carboxylic acids is 1. The lowest BCUT2D eigenvalue weighted by Gasteiger charge is -2.40. The van der Waals surface area contributed by atoms with E-state index in [9.17, 15) is 13.2 Å². The van der Waals surface area contributed by atoms with Crippen molar-refractivity contribution in [3.8, 4) is 0 Å². The molecule has 0 N–H and O–H groups in total. The number of benzene rings is 3. The van der Waals surface area contributed by atoms with E-state index in [2.05, 4.69) is 6.58 Å². The highest BCUT2D eigenvalue weighted by atomic mass is 32.2. The second-order valence-corrected chi connectivity index (χ2v) is 9.04. The summed E-state index contributed by atoms with van der Waals surface area (Å²) in [7, 11) is -3.73. The van der Waals surface area contributed by atoms with Crippen molar-refractivity contribution in [1.29, 1.82) is 0 Å². The predicted octanol–water partition coefficient (Wildman–Crippen LogP) is 4.44. The van der Waals surface area contributed by atoms with Gasteiger partial charge in [-0.2, -0.15) is 0 Å². The zero-order valence-corrected chi connectivity index (χ0v) is 16.8. The van der Waals surface area contributed by atoms with Gasteiger partial charge in [-0.1, -0.05) is 73.3 Å². The Hall–Kier alpha value is -3.18. The molecule has 1 heterocycles. The number of hydrogen-bond acceptors (Lipinski definition) is 4. The summed E-state index contributed by atoms with van der Waals surface area (Å²) in [6.45, 7) is 5.29. The molecule has 29 heavy (non-hydrogen) atoms. The second kappa shape index (κ2) is 7.01. The molecule has 0 radical (unpaired) electrons. The van der Waals surface area contributed by atoms with Crippen molar-refractivity contribution in [2.24, 2.45) is 0 Å². The summed E-state index contributed by atoms with van der Waals surface area (Å²) in [5.74, 6) is -0.565. The van der Waals surface area contributed by atoms with Gasteiger partial charge in [0.05, 0.1) is 9.79 Å². The maximum Gasteiger partial charge on any atom is 0.334 e. The van der Waals surface area contributed by atoms with E-state index in [1.807, 2.05) is 30.3 Å². The molecular weight excluding hydrogens is 384 g/mol. The first-order valence-electron chi connectivity index (χ1n) is 9.23. The van der Waals surface area contributed by atoms with Gasteiger partial charge in [-0.15, -0.1) is 0 Å². The van der Waals surface area contributed by atoms with Crippen LogP contribution in [-0.2, 0) is 31.4 Å². The first-order chi connectivity index (χ1) is 13.9. The van der Waals surface area contributed by atoms with Crippen LogP contribution in [0.25, 0.3) is 0 Å². The Labute approximate surface area is 170 Å². The molecule has 4 rings (SSSR count). The van der Waals surface area contributed by atoms with Crippen molar-refractivity contribution in [3.63, 3.8) is 0 Å². The van der Waals surface area contributed by atoms with Crippen LogP contribution in [0.4, 0.5) is 0 Å². The maximum absolute atomic E-state index is 13.3. The van der Waals surface area contributed by atoms with Crippen molar-refractivity contribution in [2.75, 3.05) is 0 Å². The van der Waals surface area contributed by atoms with E-state index in [0.29, 0.717) is 17.5 Å². The molecular formula is C24H20O4S. The molecule has 3 aromatic rings. The number of ether oxygens (including phenoxy) is 1. The lowest BCUT2D eigenvalue weighted by atomic mass is 9.80. The first-order valence-corrected chi connectivity index (χ1v) is 10.7. The third kappa shape index (κ3) is 3.08. The minimum absolute atomic E-state index is 0.157. The van der Waals surface area contributed by atoms with Gasteiger partial charge in [0.1, 0.15) is 0 Å². The van der Waals surface area contributed by atoms with Crippen LogP contribution in [0.5, 0.6) is 0 Å². The molecule has 3 aromatic carbocycles. The molecule has 1 aliphatic heterocycles. The minimum Gasteiger partial charge on any atom is -0.445 e. The molecule has 0 fully saturated rings. The molecule has 0 unspecified atom stereocenters. The van der Waals surface area contributed by atoms with Gasteiger partial charge >= 0.3 is 5.97 Å². The molecule has 1 aliphatic rings. The van der Waals surface area contributed by atoms with Crippen LogP contribution in [-0.4, -0.2) is 14.4 Å². The van der Waals surface area contributed by atoms with Crippen LogP contribution in [0, 0.1) is 0 Å². The van der Waals surface area contributed by atoms with E-state index in [1.54, 1.807) is 55.5 Å². The zero-order chi connectivity index (χ0) is 20.6. The molecule has 146 valence electrons. The minimum atomic E-state index is -3.73. The molecule has 4 nitrogen and oxygen atoms in total. The van der Waals surface area contributed by atoms with E-state index in [-0.39, 0.29) is 15.4 Å². The third-order valence-corrected chi connectivity index (χ3v) is 7.00. The monoisotopic (exact) mass is 404 g/mol. The average molecular weight is 404 g/mol. The molecule has 0 amide bonds. The van der Waals surface area contributed by atoms with Crippen LogP contribution >= 0.6 is 0 Å². The number of sulfone groups is 1. The summed E-state index contributed by atoms with van der Waals surface area (Å²) in [4.78, 5) is 13.0. The fraction of sp³-hybridized carbons (Fsp3) is 0.125. The molecule has 0 spiro atoms. The normalized spacial score (nSPS) is 15.6. The maximum atomic E-state index is 13.3. The Morgan fingerprint density at radius 1 is 0.862 bits per heavy atom. The Bertz CT molecular complexity index is 1160. The highest BCUT2D eigenvalue weighted by Crippen LogP contribution is 2.48. The van der Waals surface area contributed by atoms with Gasteiger partial charge < -0.3 is 4.74 Å². The number of esters is 1. The van der Waals surface area contributed by atoms with Crippen LogP contribution in [0.3, 0.4) is 0 Å². The lowest BCUT2D eigenvalue weighted by Crippen LogP contribution is -2.41. The van der Waals surface area contributed by atoms with E-state index in [0.717, 1.165) is 5.56 Å². The predicted molar refractivity (Wildman–Crippen MR) is 110 cm³/mol. The molecule has 0 saturated carbocycles. The Morgan fingerprint density at radius 3 is 1.86 bits per heavy atom. The summed E-state index contributed by atoms with van der Waals surface area (Å²) in [6, 6.07) is 23.0. The van der Waals surface area contributed by atoms with Crippen LogP contribution in [0.2, 0.25) is 0 Å². The lowest BCUT2D eigenvalue weighted by molar-refractivity contribution is -0.152. The van der Waals surface area contributed by atoms with Gasteiger partial charge in [0.2, 0.25) is 9.84 Å². The summed E-state index contributed by atoms with van der Waals surface area (Å²) >= 11 is 0. The highest BCUT2D eigenvalue weighted by Gasteiger charge is 2.49. The quantitative estimate of drug-likeness (QED) is 0.476. The molecule has 0 aromatic heterocycles. The van der Waals surface area contributed by atoms with Crippen molar-refractivity contribution in [3.05, 3.63) is 108 Å². The Kier molecular flexibility index (Phi) is 4.63. The van der Waals surface area contributed by atoms with E-state index in [4.69, 9.17) is 4.74 Å². The van der Waals surface area contributed by atoms with Gasteiger partial charge in [0.25, 0.3) is 0 Å². The van der Waals surface area contributed by atoms with Crippen molar-refractivity contribution >= 4 is 15.8 Å². The second-order valence-electron chi connectivity index (χ2n) is 7.15. The smallest absolute Gasteiger partial charge is 0.334 e. The highest BCUT2D eigenvalue weighted by molar-refractivity contribution is 7.91. The molecule has 5 heteroatoms. The Morgan fingerprint density at radius 2 is 1.34 bits per heavy atom. The SMILES string of the molecule is C=C(C)C(=O)OC1(Cc2ccccc2)c2ccccc2S(=O)(=O)c2ccccc21. The summed E-state index contributed by atoms with van der Waals surface area (Å²) in [6.07, 6.45) is 0.302. The van der Waals surface area contributed by atoms with Crippen molar-refractivity contribution in [1.82, 2.24) is 0 Å². The van der Waals surface area contributed by atoms with E-state index < -0.39 is 21.4 Å².